The largest absolute Gasteiger partial charge is 0.482 e. The molecule has 0 saturated heterocycles. The third-order valence-corrected chi connectivity index (χ3v) is 4.17. The van der Waals surface area contributed by atoms with Gasteiger partial charge < -0.3 is 20.3 Å². The number of fused-ring (bicyclic) bond motifs is 1. The van der Waals surface area contributed by atoms with Crippen molar-refractivity contribution < 1.29 is 14.3 Å². The number of benzene rings is 2. The number of anilines is 1. The van der Waals surface area contributed by atoms with Gasteiger partial charge in [-0.25, -0.2) is 0 Å². The summed E-state index contributed by atoms with van der Waals surface area (Å²) in [5, 5.41) is 5.63. The third kappa shape index (κ3) is 4.83. The van der Waals surface area contributed by atoms with Crippen LogP contribution in [0.2, 0.25) is 0 Å². The quantitative estimate of drug-likeness (QED) is 0.749. The summed E-state index contributed by atoms with van der Waals surface area (Å²) in [5.74, 6) is 0.221. The second-order valence-corrected chi connectivity index (χ2v) is 6.38. The lowest BCUT2D eigenvalue weighted by molar-refractivity contribution is -0.118. The molecule has 0 unspecified atom stereocenters. The van der Waals surface area contributed by atoms with E-state index < -0.39 is 0 Å². The van der Waals surface area contributed by atoms with Crippen LogP contribution in [0.15, 0.2) is 48.5 Å². The third-order valence-electron chi connectivity index (χ3n) is 4.17. The highest BCUT2D eigenvalue weighted by molar-refractivity contribution is 5.99. The first-order valence-corrected chi connectivity index (χ1v) is 8.69. The topological polar surface area (TPSA) is 70.7 Å². The molecule has 1 aliphatic rings. The Morgan fingerprint density at radius 2 is 2.04 bits per heavy atom. The van der Waals surface area contributed by atoms with Crippen LogP contribution >= 0.6 is 0 Å². The Kier molecular flexibility index (Phi) is 5.86. The van der Waals surface area contributed by atoms with Gasteiger partial charge in [-0.3, -0.25) is 9.59 Å². The van der Waals surface area contributed by atoms with E-state index in [4.69, 9.17) is 4.74 Å². The molecular weight excluding hydrogens is 330 g/mol. The van der Waals surface area contributed by atoms with E-state index in [1.54, 1.807) is 18.2 Å². The fourth-order valence-corrected chi connectivity index (χ4v) is 2.85. The first-order valence-electron chi connectivity index (χ1n) is 8.69. The Balaban J connectivity index is 1.43. The number of carbonyl (C=O) groups is 2. The number of amides is 2. The summed E-state index contributed by atoms with van der Waals surface area (Å²) in [4.78, 5) is 25.9. The minimum absolute atomic E-state index is 0.00897. The van der Waals surface area contributed by atoms with Crippen LogP contribution in [0.1, 0.15) is 22.3 Å². The molecule has 1 aliphatic heterocycles. The molecule has 6 heteroatoms. The zero-order valence-corrected chi connectivity index (χ0v) is 14.8. The van der Waals surface area contributed by atoms with Gasteiger partial charge in [0.05, 0.1) is 5.69 Å². The van der Waals surface area contributed by atoms with Crippen molar-refractivity contribution in [1.29, 1.82) is 0 Å². The number of rotatable bonds is 7. The second-order valence-electron chi connectivity index (χ2n) is 6.38. The molecule has 0 radical (unpaired) electrons. The Morgan fingerprint density at radius 3 is 2.85 bits per heavy atom. The van der Waals surface area contributed by atoms with Crippen molar-refractivity contribution in [2.24, 2.45) is 0 Å². The van der Waals surface area contributed by atoms with Crippen LogP contribution in [-0.4, -0.2) is 43.5 Å². The first-order chi connectivity index (χ1) is 12.6. The van der Waals surface area contributed by atoms with E-state index in [0.717, 1.165) is 19.5 Å². The van der Waals surface area contributed by atoms with Crippen LogP contribution in [0.5, 0.6) is 5.75 Å². The zero-order valence-electron chi connectivity index (χ0n) is 14.8. The Hall–Kier alpha value is -2.86. The molecule has 0 bridgehead atoms. The van der Waals surface area contributed by atoms with E-state index in [-0.39, 0.29) is 18.4 Å². The Labute approximate surface area is 153 Å². The highest BCUT2D eigenvalue weighted by atomic mass is 16.5. The summed E-state index contributed by atoms with van der Waals surface area (Å²) in [6.07, 6.45) is 0.861. The zero-order chi connectivity index (χ0) is 18.4. The van der Waals surface area contributed by atoms with E-state index in [1.165, 1.54) is 5.56 Å². The van der Waals surface area contributed by atoms with Gasteiger partial charge in [0.1, 0.15) is 5.75 Å². The fourth-order valence-electron chi connectivity index (χ4n) is 2.85. The van der Waals surface area contributed by atoms with Crippen LogP contribution in [-0.2, 0) is 11.3 Å². The first kappa shape index (κ1) is 17.9. The summed E-state index contributed by atoms with van der Waals surface area (Å²) in [6.45, 7) is 2.38. The van der Waals surface area contributed by atoms with E-state index in [1.807, 2.05) is 18.2 Å². The molecule has 0 aliphatic carbocycles. The van der Waals surface area contributed by atoms with Crippen molar-refractivity contribution in [2.45, 2.75) is 13.0 Å². The predicted octanol–water partition coefficient (Wildman–Crippen LogP) is 2.27. The van der Waals surface area contributed by atoms with Gasteiger partial charge in [-0.1, -0.05) is 30.3 Å². The molecule has 2 amide bonds. The smallest absolute Gasteiger partial charge is 0.262 e. The van der Waals surface area contributed by atoms with Gasteiger partial charge in [0, 0.05) is 18.7 Å². The summed E-state index contributed by atoms with van der Waals surface area (Å²) in [5.41, 5.74) is 2.32. The molecule has 2 aromatic rings. The fraction of sp³-hybridized carbons (Fsp3) is 0.300. The van der Waals surface area contributed by atoms with Crippen molar-refractivity contribution in [3.8, 4) is 5.75 Å². The second kappa shape index (κ2) is 8.49. The van der Waals surface area contributed by atoms with Crippen LogP contribution in [0.3, 0.4) is 0 Å². The average molecular weight is 353 g/mol. The molecule has 2 aromatic carbocycles. The predicted molar refractivity (Wildman–Crippen MR) is 100 cm³/mol. The lowest BCUT2D eigenvalue weighted by Crippen LogP contribution is -2.29. The maximum atomic E-state index is 12.3. The molecule has 0 spiro atoms. The average Bonchev–Trinajstić information content (AvgIpc) is 2.65. The summed E-state index contributed by atoms with van der Waals surface area (Å²) >= 11 is 0. The molecule has 0 aromatic heterocycles. The molecule has 0 fully saturated rings. The number of ether oxygens (including phenoxy) is 1. The number of hydrogen-bond donors (Lipinski definition) is 2. The number of carbonyl (C=O) groups excluding carboxylic acids is 2. The molecule has 0 atom stereocenters. The van der Waals surface area contributed by atoms with Crippen molar-refractivity contribution in [3.05, 3.63) is 59.7 Å². The van der Waals surface area contributed by atoms with Crippen LogP contribution in [0.25, 0.3) is 0 Å². The monoisotopic (exact) mass is 353 g/mol. The van der Waals surface area contributed by atoms with Crippen LogP contribution in [0.4, 0.5) is 5.69 Å². The van der Waals surface area contributed by atoms with Crippen molar-refractivity contribution in [2.75, 3.05) is 32.1 Å². The van der Waals surface area contributed by atoms with Gasteiger partial charge in [0.2, 0.25) is 0 Å². The molecule has 26 heavy (non-hydrogen) atoms. The molecule has 1 heterocycles. The SMILES string of the molecule is CN(CCCNC(=O)c1ccc2c(c1)NC(=O)CO2)Cc1ccccc1. The summed E-state index contributed by atoms with van der Waals surface area (Å²) < 4.78 is 5.29. The molecule has 2 N–H and O–H groups in total. The summed E-state index contributed by atoms with van der Waals surface area (Å²) in [6, 6.07) is 15.4. The lowest BCUT2D eigenvalue weighted by atomic mass is 10.1. The Morgan fingerprint density at radius 1 is 1.23 bits per heavy atom. The van der Waals surface area contributed by atoms with Gasteiger partial charge in [-0.05, 0) is 43.8 Å². The van der Waals surface area contributed by atoms with E-state index in [2.05, 4.69) is 34.7 Å². The minimum Gasteiger partial charge on any atom is -0.482 e. The highest BCUT2D eigenvalue weighted by Crippen LogP contribution is 2.28. The van der Waals surface area contributed by atoms with Crippen molar-refractivity contribution in [1.82, 2.24) is 10.2 Å². The van der Waals surface area contributed by atoms with Gasteiger partial charge in [-0.2, -0.15) is 0 Å². The summed E-state index contributed by atoms with van der Waals surface area (Å²) in [7, 11) is 2.07. The van der Waals surface area contributed by atoms with Gasteiger partial charge in [0.25, 0.3) is 11.8 Å². The van der Waals surface area contributed by atoms with E-state index in [0.29, 0.717) is 23.5 Å². The van der Waals surface area contributed by atoms with Gasteiger partial charge >= 0.3 is 0 Å². The lowest BCUT2D eigenvalue weighted by Gasteiger charge is -2.18. The minimum atomic E-state index is -0.212. The maximum absolute atomic E-state index is 12.3. The maximum Gasteiger partial charge on any atom is 0.262 e. The normalized spacial score (nSPS) is 12.9. The number of nitrogens with one attached hydrogen (secondary N) is 2. The van der Waals surface area contributed by atoms with Crippen molar-refractivity contribution in [3.63, 3.8) is 0 Å². The van der Waals surface area contributed by atoms with Crippen LogP contribution < -0.4 is 15.4 Å². The molecule has 136 valence electrons. The van der Waals surface area contributed by atoms with Gasteiger partial charge in [-0.15, -0.1) is 0 Å². The van der Waals surface area contributed by atoms with E-state index >= 15 is 0 Å². The number of hydrogen-bond acceptors (Lipinski definition) is 4. The standard InChI is InChI=1S/C20H23N3O3/c1-23(13-15-6-3-2-4-7-15)11-5-10-21-20(25)16-8-9-18-17(12-16)22-19(24)14-26-18/h2-4,6-9,12H,5,10-11,13-14H2,1H3,(H,21,25)(H,22,24). The molecule has 6 nitrogen and oxygen atoms in total. The molecule has 3 rings (SSSR count). The molecule has 0 saturated carbocycles. The van der Waals surface area contributed by atoms with Crippen LogP contribution in [0, 0.1) is 0 Å². The number of nitrogens with zero attached hydrogens (tertiary/aromatic N) is 1. The van der Waals surface area contributed by atoms with Gasteiger partial charge in [0.15, 0.2) is 6.61 Å². The van der Waals surface area contributed by atoms with E-state index in [9.17, 15) is 9.59 Å². The van der Waals surface area contributed by atoms with Crippen molar-refractivity contribution >= 4 is 17.5 Å². The molecular formula is C20H23N3O3. The highest BCUT2D eigenvalue weighted by Gasteiger charge is 2.17. The Bertz CT molecular complexity index is 777.